The van der Waals surface area contributed by atoms with Crippen LogP contribution in [0.2, 0.25) is 0 Å². The van der Waals surface area contributed by atoms with E-state index in [-0.39, 0.29) is 11.6 Å². The number of hydrogen-bond acceptors (Lipinski definition) is 8. The average Bonchev–Trinajstić information content (AvgIpc) is 3.09. The van der Waals surface area contributed by atoms with Crippen LogP contribution in [0.4, 0.5) is 5.69 Å². The zero-order valence-electron chi connectivity index (χ0n) is 12.4. The van der Waals surface area contributed by atoms with Gasteiger partial charge in [-0.2, -0.15) is 9.47 Å². The number of thioether (sulfide) groups is 2. The number of nitrogens with zero attached hydrogens (tertiary/aromatic N) is 3. The van der Waals surface area contributed by atoms with E-state index in [0.29, 0.717) is 16.3 Å². The zero-order valence-corrected chi connectivity index (χ0v) is 14.8. The summed E-state index contributed by atoms with van der Waals surface area (Å²) in [7, 11) is 2.93. The third-order valence-corrected chi connectivity index (χ3v) is 5.43. The number of nitrogens with one attached hydrogen (secondary N) is 1. The van der Waals surface area contributed by atoms with E-state index < -0.39 is 5.97 Å². The minimum absolute atomic E-state index is 0.0675. The van der Waals surface area contributed by atoms with Gasteiger partial charge in [0.1, 0.15) is 5.03 Å². The Kier molecular flexibility index (Phi) is 5.48. The van der Waals surface area contributed by atoms with Crippen molar-refractivity contribution in [1.82, 2.24) is 14.2 Å². The molecule has 0 fully saturated rings. The Hall–Kier alpha value is -1.52. The van der Waals surface area contributed by atoms with Gasteiger partial charge in [-0.1, -0.05) is 0 Å². The summed E-state index contributed by atoms with van der Waals surface area (Å²) in [5, 5.41) is 7.38. The van der Waals surface area contributed by atoms with E-state index in [1.807, 2.05) is 12.5 Å². The van der Waals surface area contributed by atoms with E-state index in [4.69, 9.17) is 0 Å². The van der Waals surface area contributed by atoms with Crippen molar-refractivity contribution in [2.24, 2.45) is 7.05 Å². The van der Waals surface area contributed by atoms with Gasteiger partial charge in [-0.05, 0) is 24.0 Å². The van der Waals surface area contributed by atoms with Crippen molar-refractivity contribution in [1.29, 1.82) is 0 Å². The fourth-order valence-corrected chi connectivity index (χ4v) is 4.02. The number of aromatic nitrogens is 3. The largest absolute Gasteiger partial charge is 0.464 e. The third-order valence-electron chi connectivity index (χ3n) is 2.69. The standard InChI is InChI=1S/C12H14N4O3S3/c1-16-5-6(8(14-16)11(18)19-2)13-9(17)7-10(20-3)15-22-12(7)21-4/h5H,1-4H3,(H,13,17). The van der Waals surface area contributed by atoms with Crippen LogP contribution in [0.1, 0.15) is 20.8 Å². The maximum absolute atomic E-state index is 12.5. The molecule has 0 saturated heterocycles. The smallest absolute Gasteiger partial charge is 0.360 e. The number of rotatable bonds is 5. The molecule has 0 aliphatic rings. The van der Waals surface area contributed by atoms with Crippen LogP contribution in [0, 0.1) is 0 Å². The molecular weight excluding hydrogens is 344 g/mol. The van der Waals surface area contributed by atoms with Crippen molar-refractivity contribution in [3.8, 4) is 0 Å². The molecule has 0 aliphatic heterocycles. The maximum Gasteiger partial charge on any atom is 0.360 e. The molecule has 10 heteroatoms. The molecule has 1 amide bonds. The fraction of sp³-hybridized carbons (Fsp3) is 0.333. The number of ether oxygens (including phenoxy) is 1. The van der Waals surface area contributed by atoms with Crippen LogP contribution in [0.15, 0.2) is 15.4 Å². The van der Waals surface area contributed by atoms with E-state index in [1.54, 1.807) is 13.2 Å². The number of amides is 1. The van der Waals surface area contributed by atoms with Crippen LogP contribution in [0.3, 0.4) is 0 Å². The van der Waals surface area contributed by atoms with Gasteiger partial charge in [-0.3, -0.25) is 9.48 Å². The highest BCUT2D eigenvalue weighted by Crippen LogP contribution is 2.33. The second-order valence-corrected chi connectivity index (χ2v) is 6.71. The molecule has 1 N–H and O–H groups in total. The lowest BCUT2D eigenvalue weighted by Gasteiger charge is -2.05. The Balaban J connectivity index is 2.34. The summed E-state index contributed by atoms with van der Waals surface area (Å²) in [5.74, 6) is -0.921. The molecule has 2 aromatic rings. The second-order valence-electron chi connectivity index (χ2n) is 4.07. The normalized spacial score (nSPS) is 10.5. The van der Waals surface area contributed by atoms with Crippen molar-refractivity contribution in [2.75, 3.05) is 24.9 Å². The number of carbonyl (C=O) groups is 2. The lowest BCUT2D eigenvalue weighted by molar-refractivity contribution is 0.0594. The first-order valence-electron chi connectivity index (χ1n) is 6.02. The monoisotopic (exact) mass is 358 g/mol. The SMILES string of the molecule is COC(=O)c1nn(C)cc1NC(=O)c1c(SC)nsc1SC. The molecule has 0 aliphatic carbocycles. The minimum Gasteiger partial charge on any atom is -0.464 e. The van der Waals surface area contributed by atoms with Crippen LogP contribution in [-0.2, 0) is 11.8 Å². The lowest BCUT2D eigenvalue weighted by atomic mass is 10.3. The van der Waals surface area contributed by atoms with Gasteiger partial charge >= 0.3 is 5.97 Å². The van der Waals surface area contributed by atoms with Crippen molar-refractivity contribution < 1.29 is 14.3 Å². The van der Waals surface area contributed by atoms with Crippen molar-refractivity contribution in [3.63, 3.8) is 0 Å². The quantitative estimate of drug-likeness (QED) is 0.648. The highest BCUT2D eigenvalue weighted by Gasteiger charge is 2.24. The third kappa shape index (κ3) is 3.28. The molecule has 118 valence electrons. The van der Waals surface area contributed by atoms with E-state index in [2.05, 4.69) is 19.5 Å². The number of hydrogen-bond donors (Lipinski definition) is 1. The van der Waals surface area contributed by atoms with Crippen molar-refractivity contribution in [2.45, 2.75) is 9.24 Å². The lowest BCUT2D eigenvalue weighted by Crippen LogP contribution is -2.15. The van der Waals surface area contributed by atoms with Gasteiger partial charge in [0, 0.05) is 13.2 Å². The summed E-state index contributed by atoms with van der Waals surface area (Å²) in [6.45, 7) is 0. The van der Waals surface area contributed by atoms with E-state index in [0.717, 1.165) is 4.21 Å². The number of aryl methyl sites for hydroxylation is 1. The van der Waals surface area contributed by atoms with Crippen LogP contribution in [0.5, 0.6) is 0 Å². The summed E-state index contributed by atoms with van der Waals surface area (Å²) in [6, 6.07) is 0. The highest BCUT2D eigenvalue weighted by molar-refractivity contribution is 8.01. The molecule has 0 atom stereocenters. The molecule has 0 radical (unpaired) electrons. The van der Waals surface area contributed by atoms with E-state index in [1.165, 1.54) is 46.8 Å². The molecule has 22 heavy (non-hydrogen) atoms. The minimum atomic E-state index is -0.602. The number of anilines is 1. The average molecular weight is 358 g/mol. The molecule has 7 nitrogen and oxygen atoms in total. The molecule has 0 saturated carbocycles. The van der Waals surface area contributed by atoms with Gasteiger partial charge in [0.15, 0.2) is 5.69 Å². The van der Waals surface area contributed by atoms with Gasteiger partial charge in [0.25, 0.3) is 5.91 Å². The van der Waals surface area contributed by atoms with Gasteiger partial charge < -0.3 is 10.1 Å². The van der Waals surface area contributed by atoms with Crippen molar-refractivity contribution >= 4 is 52.6 Å². The van der Waals surface area contributed by atoms with Crippen LogP contribution >= 0.6 is 35.1 Å². The predicted molar refractivity (Wildman–Crippen MR) is 88.2 cm³/mol. The molecular formula is C12H14N4O3S3. The molecule has 2 aromatic heterocycles. The van der Waals surface area contributed by atoms with Gasteiger partial charge in [0.2, 0.25) is 0 Å². The van der Waals surface area contributed by atoms with E-state index in [9.17, 15) is 9.59 Å². The maximum atomic E-state index is 12.5. The van der Waals surface area contributed by atoms with E-state index >= 15 is 0 Å². The Morgan fingerprint density at radius 1 is 1.36 bits per heavy atom. The fourth-order valence-electron chi connectivity index (χ4n) is 1.74. The topological polar surface area (TPSA) is 86.1 Å². The Morgan fingerprint density at radius 2 is 2.09 bits per heavy atom. The first-order valence-corrected chi connectivity index (χ1v) is 9.25. The number of carbonyl (C=O) groups excluding carboxylic acids is 2. The van der Waals surface area contributed by atoms with Crippen LogP contribution < -0.4 is 5.32 Å². The highest BCUT2D eigenvalue weighted by atomic mass is 32.2. The number of methoxy groups -OCH3 is 1. The van der Waals surface area contributed by atoms with Crippen LogP contribution in [-0.4, -0.2) is 45.7 Å². The Morgan fingerprint density at radius 3 is 2.68 bits per heavy atom. The Bertz CT molecular complexity index is 689. The summed E-state index contributed by atoms with van der Waals surface area (Å²) in [5.41, 5.74) is 0.896. The second kappa shape index (κ2) is 7.16. The predicted octanol–water partition coefficient (Wildman–Crippen LogP) is 2.36. The summed E-state index contributed by atoms with van der Waals surface area (Å²) in [6.07, 6.45) is 5.31. The van der Waals surface area contributed by atoms with Gasteiger partial charge in [-0.25, -0.2) is 4.79 Å². The Labute approximate surface area is 140 Å². The molecule has 0 aromatic carbocycles. The van der Waals surface area contributed by atoms with Crippen LogP contribution in [0.25, 0.3) is 0 Å². The zero-order chi connectivity index (χ0) is 16.3. The summed E-state index contributed by atoms with van der Waals surface area (Å²) >= 11 is 4.14. The summed E-state index contributed by atoms with van der Waals surface area (Å²) < 4.78 is 11.2. The first kappa shape index (κ1) is 16.8. The molecule has 2 rings (SSSR count). The summed E-state index contributed by atoms with van der Waals surface area (Å²) in [4.78, 5) is 24.2. The first-order chi connectivity index (χ1) is 10.5. The van der Waals surface area contributed by atoms with Crippen molar-refractivity contribution in [3.05, 3.63) is 17.5 Å². The molecule has 0 bridgehead atoms. The number of esters is 1. The molecule has 2 heterocycles. The van der Waals surface area contributed by atoms with Gasteiger partial charge in [-0.15, -0.1) is 23.5 Å². The molecule has 0 spiro atoms. The molecule has 0 unspecified atom stereocenters. The van der Waals surface area contributed by atoms with Gasteiger partial charge in [0.05, 0.1) is 22.6 Å².